The van der Waals surface area contributed by atoms with Crippen molar-refractivity contribution in [3.63, 3.8) is 0 Å². The van der Waals surface area contributed by atoms with Crippen molar-refractivity contribution in [3.8, 4) is 6.07 Å². The van der Waals surface area contributed by atoms with Gasteiger partial charge in [0.25, 0.3) is 0 Å². The molecule has 1 aliphatic heterocycles. The first-order valence-corrected chi connectivity index (χ1v) is 12.3. The van der Waals surface area contributed by atoms with Gasteiger partial charge in [0, 0.05) is 59.3 Å². The molecule has 0 N–H and O–H groups in total. The van der Waals surface area contributed by atoms with Crippen LogP contribution in [0.4, 0.5) is 0 Å². The van der Waals surface area contributed by atoms with E-state index >= 15 is 0 Å². The van der Waals surface area contributed by atoms with Crippen molar-refractivity contribution in [2.75, 3.05) is 13.1 Å². The smallest absolute Gasteiger partial charge is 0.246 e. The second-order valence-corrected chi connectivity index (χ2v) is 9.80. The first kappa shape index (κ1) is 21.7. The molecule has 1 amide bonds. The highest BCUT2D eigenvalue weighted by Gasteiger charge is 2.25. The average Bonchev–Trinajstić information content (AvgIpc) is 3.42. The Bertz CT molecular complexity index is 1390. The van der Waals surface area contributed by atoms with Crippen LogP contribution in [0, 0.1) is 11.3 Å². The van der Waals surface area contributed by atoms with Gasteiger partial charge in [0.15, 0.2) is 0 Å². The second-order valence-electron chi connectivity index (χ2n) is 8.30. The molecule has 5 rings (SSSR count). The Kier molecular flexibility index (Phi) is 6.17. The van der Waals surface area contributed by atoms with E-state index in [0.717, 1.165) is 57.6 Å². The van der Waals surface area contributed by atoms with Crippen molar-refractivity contribution in [2.45, 2.75) is 31.7 Å². The van der Waals surface area contributed by atoms with Gasteiger partial charge in [-0.25, -0.2) is 4.98 Å². The van der Waals surface area contributed by atoms with Crippen molar-refractivity contribution in [2.24, 2.45) is 0 Å². The number of hydrogen-bond donors (Lipinski definition) is 0. The van der Waals surface area contributed by atoms with Gasteiger partial charge >= 0.3 is 0 Å². The lowest BCUT2D eigenvalue weighted by molar-refractivity contribution is -0.126. The monoisotopic (exact) mass is 474 g/mol. The summed E-state index contributed by atoms with van der Waals surface area (Å²) in [6, 6.07) is 16.1. The minimum atomic E-state index is 0.0402. The number of likely N-dealkylation sites (tertiary alicyclic amines) is 1. The van der Waals surface area contributed by atoms with Crippen molar-refractivity contribution in [1.82, 2.24) is 14.5 Å². The molecule has 3 heterocycles. The van der Waals surface area contributed by atoms with Crippen molar-refractivity contribution < 1.29 is 4.79 Å². The third-order valence-corrected chi connectivity index (χ3v) is 7.65. The number of aryl methyl sites for hydroxylation is 1. The Morgan fingerprint density at radius 3 is 2.88 bits per heavy atom. The Hall–Kier alpha value is -3.14. The van der Waals surface area contributed by atoms with Crippen LogP contribution in [-0.2, 0) is 11.3 Å². The van der Waals surface area contributed by atoms with Gasteiger partial charge in [-0.2, -0.15) is 5.26 Å². The van der Waals surface area contributed by atoms with Crippen molar-refractivity contribution >= 4 is 56.0 Å². The number of halogens is 1. The fourth-order valence-electron chi connectivity index (χ4n) is 4.47. The number of nitrogens with zero attached hydrogens (tertiary/aromatic N) is 4. The normalized spacial score (nSPS) is 15.0. The predicted octanol–water partition coefficient (Wildman–Crippen LogP) is 6.24. The van der Waals surface area contributed by atoms with Crippen LogP contribution < -0.4 is 0 Å². The third kappa shape index (κ3) is 4.52. The number of amides is 1. The lowest BCUT2D eigenvalue weighted by Gasteiger charge is -2.30. The standard InChI is InChI=1S/C26H23ClN4OS/c27-20-7-8-24-22(16-20)29-26(33-24)18-10-14-30(15-11-18)25(32)9-6-19-17-31(13-3-12-28)23-5-2-1-4-21(19)23/h1-2,4-9,16-18H,3,10-11,13-15H2/b9-6+. The Morgan fingerprint density at radius 1 is 1.24 bits per heavy atom. The summed E-state index contributed by atoms with van der Waals surface area (Å²) in [5.74, 6) is 0.422. The number of piperidine rings is 1. The van der Waals surface area contributed by atoms with E-state index in [9.17, 15) is 4.79 Å². The summed E-state index contributed by atoms with van der Waals surface area (Å²) in [5, 5.41) is 11.9. The van der Waals surface area contributed by atoms with Crippen LogP contribution in [0.3, 0.4) is 0 Å². The maximum absolute atomic E-state index is 12.9. The van der Waals surface area contributed by atoms with E-state index in [1.54, 1.807) is 17.4 Å². The third-order valence-electron chi connectivity index (χ3n) is 6.21. The number of benzene rings is 2. The molecule has 1 fully saturated rings. The van der Waals surface area contributed by atoms with Gasteiger partial charge in [-0.3, -0.25) is 4.79 Å². The Morgan fingerprint density at radius 2 is 2.06 bits per heavy atom. The molecule has 0 radical (unpaired) electrons. The van der Waals surface area contributed by atoms with E-state index < -0.39 is 0 Å². The van der Waals surface area contributed by atoms with Crippen LogP contribution in [0.2, 0.25) is 5.02 Å². The van der Waals surface area contributed by atoms with Gasteiger partial charge in [-0.05, 0) is 43.2 Å². The summed E-state index contributed by atoms with van der Waals surface area (Å²) >= 11 is 7.83. The second kappa shape index (κ2) is 9.38. The van der Waals surface area contributed by atoms with Crippen LogP contribution in [0.1, 0.15) is 35.8 Å². The number of carbonyl (C=O) groups is 1. The average molecular weight is 475 g/mol. The molecule has 0 atom stereocenters. The van der Waals surface area contributed by atoms with E-state index in [4.69, 9.17) is 21.8 Å². The molecule has 1 saturated heterocycles. The van der Waals surface area contributed by atoms with Crippen LogP contribution in [0.25, 0.3) is 27.2 Å². The van der Waals surface area contributed by atoms with E-state index in [0.29, 0.717) is 23.9 Å². The molecule has 33 heavy (non-hydrogen) atoms. The fraction of sp³-hybridized carbons (Fsp3) is 0.269. The highest BCUT2D eigenvalue weighted by molar-refractivity contribution is 7.18. The summed E-state index contributed by atoms with van der Waals surface area (Å²) < 4.78 is 3.24. The minimum Gasteiger partial charge on any atom is -0.346 e. The van der Waals surface area contributed by atoms with Gasteiger partial charge in [0.05, 0.1) is 27.7 Å². The Balaban J connectivity index is 1.25. The molecule has 0 saturated carbocycles. The molecular weight excluding hydrogens is 452 g/mol. The topological polar surface area (TPSA) is 61.9 Å². The van der Waals surface area contributed by atoms with E-state index in [1.807, 2.05) is 53.6 Å². The minimum absolute atomic E-state index is 0.0402. The fourth-order valence-corrected chi connectivity index (χ4v) is 5.75. The van der Waals surface area contributed by atoms with E-state index in [2.05, 4.69) is 16.7 Å². The highest BCUT2D eigenvalue weighted by Crippen LogP contribution is 2.34. The number of thiazole rings is 1. The molecule has 4 aromatic rings. The molecule has 0 spiro atoms. The maximum Gasteiger partial charge on any atom is 0.246 e. The molecule has 7 heteroatoms. The molecule has 166 valence electrons. The number of fused-ring (bicyclic) bond motifs is 2. The quantitative estimate of drug-likeness (QED) is 0.322. The first-order chi connectivity index (χ1) is 16.1. The largest absolute Gasteiger partial charge is 0.346 e. The van der Waals surface area contributed by atoms with Gasteiger partial charge in [-0.15, -0.1) is 11.3 Å². The molecule has 1 aliphatic rings. The SMILES string of the molecule is N#CCCn1cc(/C=C/C(=O)N2CCC(c3nc4cc(Cl)ccc4s3)CC2)c2ccccc21. The highest BCUT2D eigenvalue weighted by atomic mass is 35.5. The van der Waals surface area contributed by atoms with Crippen molar-refractivity contribution in [3.05, 3.63) is 70.3 Å². The van der Waals surface area contributed by atoms with Gasteiger partial charge < -0.3 is 9.47 Å². The molecular formula is C26H23ClN4OS. The summed E-state index contributed by atoms with van der Waals surface area (Å²) in [5.41, 5.74) is 3.04. The number of rotatable bonds is 5. The number of hydrogen-bond acceptors (Lipinski definition) is 4. The molecule has 0 unspecified atom stereocenters. The maximum atomic E-state index is 12.9. The Labute approximate surface area is 201 Å². The number of para-hydroxylation sites is 1. The lowest BCUT2D eigenvalue weighted by Crippen LogP contribution is -2.36. The number of aromatic nitrogens is 2. The van der Waals surface area contributed by atoms with Crippen molar-refractivity contribution in [1.29, 1.82) is 5.26 Å². The molecule has 2 aromatic carbocycles. The zero-order valence-corrected chi connectivity index (χ0v) is 19.6. The summed E-state index contributed by atoms with van der Waals surface area (Å²) in [4.78, 5) is 19.6. The van der Waals surface area contributed by atoms with Gasteiger partial charge in [-0.1, -0.05) is 29.8 Å². The van der Waals surface area contributed by atoms with Crippen LogP contribution in [0.5, 0.6) is 0 Å². The molecule has 2 aromatic heterocycles. The summed E-state index contributed by atoms with van der Waals surface area (Å²) in [6.45, 7) is 2.10. The van der Waals surface area contributed by atoms with Crippen LogP contribution >= 0.6 is 22.9 Å². The zero-order valence-electron chi connectivity index (χ0n) is 18.1. The molecule has 0 bridgehead atoms. The van der Waals surface area contributed by atoms with Crippen LogP contribution in [0.15, 0.2) is 54.7 Å². The number of carbonyl (C=O) groups excluding carboxylic acids is 1. The zero-order chi connectivity index (χ0) is 22.8. The number of nitriles is 1. The van der Waals surface area contributed by atoms with E-state index in [-0.39, 0.29) is 5.91 Å². The first-order valence-electron chi connectivity index (χ1n) is 11.1. The molecule has 0 aliphatic carbocycles. The van der Waals surface area contributed by atoms with E-state index in [1.165, 1.54) is 0 Å². The summed E-state index contributed by atoms with van der Waals surface area (Å²) in [7, 11) is 0. The lowest BCUT2D eigenvalue weighted by atomic mass is 9.97. The van der Waals surface area contributed by atoms with Crippen LogP contribution in [-0.4, -0.2) is 33.4 Å². The molecule has 5 nitrogen and oxygen atoms in total. The van der Waals surface area contributed by atoms with Gasteiger partial charge in [0.1, 0.15) is 0 Å². The summed E-state index contributed by atoms with van der Waals surface area (Å²) in [6.07, 6.45) is 7.89. The van der Waals surface area contributed by atoms with Gasteiger partial charge in [0.2, 0.25) is 5.91 Å². The predicted molar refractivity (Wildman–Crippen MR) is 134 cm³/mol.